The third kappa shape index (κ3) is 6.97. The molecule has 0 radical (unpaired) electrons. The average molecular weight is 591 g/mol. The van der Waals surface area contributed by atoms with E-state index in [1.54, 1.807) is 12.2 Å². The number of rotatable bonds is 7. The van der Waals surface area contributed by atoms with Gasteiger partial charge in [-0.25, -0.2) is 8.78 Å². The third-order valence-electron chi connectivity index (χ3n) is 6.99. The van der Waals surface area contributed by atoms with E-state index in [1.165, 1.54) is 39.9 Å². The van der Waals surface area contributed by atoms with E-state index in [0.717, 1.165) is 6.07 Å². The zero-order valence-corrected chi connectivity index (χ0v) is 21.6. The smallest absolute Gasteiger partial charge is 0.344 e. The van der Waals surface area contributed by atoms with Gasteiger partial charge in [-0.2, -0.15) is 13.2 Å². The average Bonchev–Trinajstić information content (AvgIpc) is 3.29. The van der Waals surface area contributed by atoms with Crippen molar-refractivity contribution >= 4 is 22.7 Å². The van der Waals surface area contributed by atoms with Crippen LogP contribution >= 0.6 is 0 Å². The minimum atomic E-state index is -5.05. The second-order valence-electron chi connectivity index (χ2n) is 9.72. The van der Waals surface area contributed by atoms with Crippen LogP contribution in [-0.2, 0) is 22.6 Å². The van der Waals surface area contributed by atoms with Crippen LogP contribution < -0.4 is 5.32 Å². The van der Waals surface area contributed by atoms with Crippen molar-refractivity contribution in [3.8, 4) is 0 Å². The number of halogens is 8. The summed E-state index contributed by atoms with van der Waals surface area (Å²) in [5.41, 5.74) is 1.29. The summed E-state index contributed by atoms with van der Waals surface area (Å²) in [6.45, 7) is 0.456. The third-order valence-corrected chi connectivity index (χ3v) is 6.99. The molecule has 0 spiro atoms. The fraction of sp³-hybridized carbons (Fsp3) is 0.407. The van der Waals surface area contributed by atoms with Gasteiger partial charge in [-0.15, -0.1) is 13.2 Å². The summed E-state index contributed by atoms with van der Waals surface area (Å²) in [7, 11) is 0. The number of ether oxygens (including phenoxy) is 1. The number of nitrogens with zero attached hydrogens (tertiary/aromatic N) is 2. The quantitative estimate of drug-likeness (QED) is 0.345. The predicted octanol–water partition coefficient (Wildman–Crippen LogP) is 5.96. The standard InChI is InChI=1S/C27H25F8N3O3/c1-15-2-4-21(29)22-19(14-38(23(15)22)10-11-41-27(33,34)35)24(39)37-8-6-17(7-9-37)18-12-16(3-5-20(18)28)13-36-25(40)26(30,31)32/h2-5,12,14,17H,6-11,13H2,1H3,(H,36,40). The molecule has 1 aliphatic heterocycles. The van der Waals surface area contributed by atoms with E-state index < -0.39 is 49.1 Å². The van der Waals surface area contributed by atoms with Crippen molar-refractivity contribution in [3.05, 3.63) is 70.4 Å². The van der Waals surface area contributed by atoms with Crippen LogP contribution in [0.3, 0.4) is 0 Å². The molecule has 0 saturated carbocycles. The second kappa shape index (κ2) is 11.7. The first-order chi connectivity index (χ1) is 19.2. The maximum absolute atomic E-state index is 14.9. The summed E-state index contributed by atoms with van der Waals surface area (Å²) < 4.78 is 110. The summed E-state index contributed by atoms with van der Waals surface area (Å²) in [5.74, 6) is -4.33. The van der Waals surface area contributed by atoms with Gasteiger partial charge in [0, 0.05) is 37.8 Å². The lowest BCUT2D eigenvalue weighted by Gasteiger charge is -2.32. The van der Waals surface area contributed by atoms with Crippen molar-refractivity contribution in [2.45, 2.75) is 51.3 Å². The van der Waals surface area contributed by atoms with Gasteiger partial charge in [0.25, 0.3) is 5.91 Å². The summed E-state index contributed by atoms with van der Waals surface area (Å²) in [5, 5.41) is 1.71. The SMILES string of the molecule is Cc1ccc(F)c2c(C(=O)N3CCC(c4cc(CNC(=O)C(F)(F)F)ccc4F)CC3)cn(CCOC(F)(F)F)c12. The first-order valence-corrected chi connectivity index (χ1v) is 12.6. The highest BCUT2D eigenvalue weighted by atomic mass is 19.4. The number of nitrogens with one attached hydrogen (secondary N) is 1. The summed E-state index contributed by atoms with van der Waals surface area (Å²) in [6, 6.07) is 6.37. The van der Waals surface area contributed by atoms with E-state index in [1.807, 2.05) is 0 Å². The summed E-state index contributed by atoms with van der Waals surface area (Å²) in [4.78, 5) is 26.0. The number of benzene rings is 2. The normalized spacial score (nSPS) is 15.0. The van der Waals surface area contributed by atoms with Crippen LogP contribution in [-0.4, -0.2) is 53.5 Å². The van der Waals surface area contributed by atoms with Gasteiger partial charge < -0.3 is 14.8 Å². The van der Waals surface area contributed by atoms with Gasteiger partial charge in [-0.1, -0.05) is 18.2 Å². The molecular weight excluding hydrogens is 566 g/mol. The highest BCUT2D eigenvalue weighted by Crippen LogP contribution is 2.33. The van der Waals surface area contributed by atoms with Crippen molar-refractivity contribution in [1.29, 1.82) is 0 Å². The van der Waals surface area contributed by atoms with Gasteiger partial charge in [0.15, 0.2) is 0 Å². The Morgan fingerprint density at radius 2 is 1.66 bits per heavy atom. The minimum absolute atomic E-state index is 0.0243. The van der Waals surface area contributed by atoms with E-state index >= 15 is 0 Å². The first kappa shape index (κ1) is 30.3. The van der Waals surface area contributed by atoms with E-state index in [0.29, 0.717) is 18.4 Å². The Labute approximate surface area is 228 Å². The molecule has 0 atom stereocenters. The Morgan fingerprint density at radius 1 is 1.00 bits per heavy atom. The number of aryl methyl sites for hydroxylation is 1. The molecule has 222 valence electrons. The number of amides is 2. The molecule has 1 aromatic heterocycles. The van der Waals surface area contributed by atoms with Crippen LogP contribution in [0.1, 0.15) is 45.8 Å². The van der Waals surface area contributed by atoms with Crippen molar-refractivity contribution in [3.63, 3.8) is 0 Å². The van der Waals surface area contributed by atoms with Crippen LogP contribution in [0.15, 0.2) is 36.5 Å². The number of hydrogen-bond acceptors (Lipinski definition) is 3. The molecule has 0 unspecified atom stereocenters. The van der Waals surface area contributed by atoms with E-state index in [9.17, 15) is 44.7 Å². The van der Waals surface area contributed by atoms with Crippen LogP contribution in [0.5, 0.6) is 0 Å². The van der Waals surface area contributed by atoms with Gasteiger partial charge in [0.1, 0.15) is 11.6 Å². The minimum Gasteiger partial charge on any atom is -0.344 e. The molecule has 14 heteroatoms. The molecule has 0 aliphatic carbocycles. The number of fused-ring (bicyclic) bond motifs is 1. The molecule has 2 aromatic carbocycles. The van der Waals surface area contributed by atoms with Crippen molar-refractivity contribution < 1.29 is 49.4 Å². The van der Waals surface area contributed by atoms with Crippen LogP contribution in [0, 0.1) is 18.6 Å². The monoisotopic (exact) mass is 591 g/mol. The summed E-state index contributed by atoms with van der Waals surface area (Å²) in [6.07, 6.45) is -8.01. The Bertz CT molecular complexity index is 1440. The maximum Gasteiger partial charge on any atom is 0.522 e. The van der Waals surface area contributed by atoms with Crippen molar-refractivity contribution in [2.75, 3.05) is 19.7 Å². The second-order valence-corrected chi connectivity index (χ2v) is 9.72. The van der Waals surface area contributed by atoms with E-state index in [4.69, 9.17) is 0 Å². The molecule has 2 heterocycles. The zero-order chi connectivity index (χ0) is 30.1. The van der Waals surface area contributed by atoms with Gasteiger partial charge in [0.05, 0.1) is 17.7 Å². The predicted molar refractivity (Wildman–Crippen MR) is 131 cm³/mol. The molecule has 1 aliphatic rings. The fourth-order valence-electron chi connectivity index (χ4n) is 5.04. The van der Waals surface area contributed by atoms with Crippen LogP contribution in [0.4, 0.5) is 35.1 Å². The number of aromatic nitrogens is 1. The Kier molecular flexibility index (Phi) is 8.62. The van der Waals surface area contributed by atoms with E-state index in [2.05, 4.69) is 4.74 Å². The molecule has 1 fully saturated rings. The number of carbonyl (C=O) groups excluding carboxylic acids is 2. The number of likely N-dealkylation sites (tertiary alicyclic amines) is 1. The molecule has 0 bridgehead atoms. The van der Waals surface area contributed by atoms with Crippen LogP contribution in [0.2, 0.25) is 0 Å². The fourth-order valence-corrected chi connectivity index (χ4v) is 5.04. The lowest BCUT2D eigenvalue weighted by atomic mass is 9.88. The van der Waals surface area contributed by atoms with Gasteiger partial charge >= 0.3 is 18.4 Å². The Morgan fingerprint density at radius 3 is 2.29 bits per heavy atom. The highest BCUT2D eigenvalue weighted by molar-refractivity contribution is 6.08. The van der Waals surface area contributed by atoms with E-state index in [-0.39, 0.29) is 53.1 Å². The lowest BCUT2D eigenvalue weighted by Crippen LogP contribution is -2.38. The van der Waals surface area contributed by atoms with Crippen molar-refractivity contribution in [1.82, 2.24) is 14.8 Å². The Balaban J connectivity index is 1.49. The number of alkyl halides is 6. The van der Waals surface area contributed by atoms with Crippen molar-refractivity contribution in [2.24, 2.45) is 0 Å². The molecule has 3 aromatic rings. The number of carbonyl (C=O) groups is 2. The lowest BCUT2D eigenvalue weighted by molar-refractivity contribution is -0.325. The molecule has 1 N–H and O–H groups in total. The van der Waals surface area contributed by atoms with Gasteiger partial charge in [0.2, 0.25) is 0 Å². The van der Waals surface area contributed by atoms with Crippen LogP contribution in [0.25, 0.3) is 10.9 Å². The van der Waals surface area contributed by atoms with Gasteiger partial charge in [-0.05, 0) is 54.5 Å². The Hall–Kier alpha value is -3.68. The topological polar surface area (TPSA) is 63.6 Å². The number of hydrogen-bond donors (Lipinski definition) is 1. The molecule has 2 amide bonds. The largest absolute Gasteiger partial charge is 0.522 e. The maximum atomic E-state index is 14.9. The highest BCUT2D eigenvalue weighted by Gasteiger charge is 2.38. The molecule has 41 heavy (non-hydrogen) atoms. The zero-order valence-electron chi connectivity index (χ0n) is 21.6. The summed E-state index contributed by atoms with van der Waals surface area (Å²) >= 11 is 0. The van der Waals surface area contributed by atoms with Gasteiger partial charge in [-0.3, -0.25) is 14.3 Å². The molecular formula is C27H25F8N3O3. The number of piperidine rings is 1. The molecule has 6 nitrogen and oxygen atoms in total. The first-order valence-electron chi connectivity index (χ1n) is 12.6. The molecule has 4 rings (SSSR count). The molecule has 1 saturated heterocycles.